The molecule has 8 atom stereocenters. The monoisotopic (exact) mass is 1090 g/mol. The number of aliphatic carboxylic acids is 1. The molecule has 22 nitrogen and oxygen atoms in total. The highest BCUT2D eigenvalue weighted by Crippen LogP contribution is 2.22. The molecule has 23 heteroatoms. The first-order chi connectivity index (χ1) is 37.8. The number of nitrogens with one attached hydrogen (secondary N) is 8. The standard InChI is InChI=1S/C56H70FN11O11/c1-33(69)49(56(79)67-43(26-34-14-5-2-6-15-34)51(74)61-25-13-21-48(71)72)68-52(75)42(20-11-12-24-58)63-55(78)46(29-37-32-62-41-23-22-38(57)30-39(37)41)66-54(77)45(28-36-18-9-4-10-19-36)65-53(76)44(27-35-16-7-3-8-17-35)64-50(73)40(59)31-47(60)70/h2-10,14-19,22-23,30,32-33,40,42-46,49,62,69H,11-13,20-21,24-29,31,58-59H2,1H3,(H2,60,70)(H,61,74)(H,63,78)(H,64,73)(H,65,76)(H,66,77)(H,67,79)(H,68,75)(H,71,72)/t33-,40+,42+,43+,44+,45+,46-,49+/m1/s1. The van der Waals surface area contributed by atoms with Gasteiger partial charge in [-0.1, -0.05) is 91.0 Å². The van der Waals surface area contributed by atoms with E-state index in [-0.39, 0.29) is 64.5 Å². The number of hydrogen-bond acceptors (Lipinski definition) is 12. The number of fused-ring (bicyclic) bond motifs is 1. The number of unbranched alkanes of at least 4 members (excludes halogenated alkanes) is 1. The Balaban J connectivity index is 1.45. The summed E-state index contributed by atoms with van der Waals surface area (Å²) in [5, 5.41) is 38.9. The van der Waals surface area contributed by atoms with Crippen molar-refractivity contribution >= 4 is 64.1 Å². The number of carboxylic acid groups (broad SMARTS) is 1. The van der Waals surface area contributed by atoms with Crippen molar-refractivity contribution < 1.29 is 57.8 Å². The molecule has 0 unspecified atom stereocenters. The van der Waals surface area contributed by atoms with Crippen molar-refractivity contribution in [1.82, 2.24) is 42.2 Å². The molecule has 1 heterocycles. The maximum atomic E-state index is 14.8. The lowest BCUT2D eigenvalue weighted by atomic mass is 10.00. The van der Waals surface area contributed by atoms with E-state index in [2.05, 4.69) is 42.2 Å². The fraction of sp³-hybridized carbons (Fsp3) is 0.375. The molecule has 5 aromatic rings. The van der Waals surface area contributed by atoms with Crippen LogP contribution in [0.1, 0.15) is 67.7 Å². The Morgan fingerprint density at radius 1 is 0.582 bits per heavy atom. The summed E-state index contributed by atoms with van der Waals surface area (Å²) in [7, 11) is 0. The minimum atomic E-state index is -1.69. The zero-order valence-electron chi connectivity index (χ0n) is 43.8. The van der Waals surface area contributed by atoms with E-state index in [9.17, 15) is 52.6 Å². The van der Waals surface area contributed by atoms with Gasteiger partial charge in [0.2, 0.25) is 47.3 Å². The highest BCUT2D eigenvalue weighted by atomic mass is 19.1. The summed E-state index contributed by atoms with van der Waals surface area (Å²) in [5.74, 6) is -8.54. The molecule has 422 valence electrons. The first-order valence-electron chi connectivity index (χ1n) is 25.9. The van der Waals surface area contributed by atoms with Gasteiger partial charge >= 0.3 is 5.97 Å². The topological polar surface area (TPSA) is 372 Å². The summed E-state index contributed by atoms with van der Waals surface area (Å²) in [4.78, 5) is 125. The summed E-state index contributed by atoms with van der Waals surface area (Å²) in [6, 6.07) is 19.8. The smallest absolute Gasteiger partial charge is 0.303 e. The lowest BCUT2D eigenvalue weighted by molar-refractivity contribution is -0.137. The molecule has 5 rings (SSSR count). The first kappa shape index (κ1) is 61.3. The Bertz CT molecular complexity index is 2860. The van der Waals surface area contributed by atoms with Gasteiger partial charge in [-0.15, -0.1) is 0 Å². The van der Waals surface area contributed by atoms with Gasteiger partial charge in [0.15, 0.2) is 0 Å². The van der Waals surface area contributed by atoms with E-state index in [4.69, 9.17) is 22.3 Å². The van der Waals surface area contributed by atoms with Gasteiger partial charge in [-0.05, 0) is 79.6 Å². The van der Waals surface area contributed by atoms with Crippen molar-refractivity contribution in [2.75, 3.05) is 13.1 Å². The van der Waals surface area contributed by atoms with E-state index in [1.165, 1.54) is 31.3 Å². The molecular weight excluding hydrogens is 1020 g/mol. The Morgan fingerprint density at radius 2 is 1.05 bits per heavy atom. The van der Waals surface area contributed by atoms with Crippen LogP contribution < -0.4 is 54.4 Å². The zero-order chi connectivity index (χ0) is 57.4. The number of carbonyl (C=O) groups excluding carboxylic acids is 8. The second-order valence-corrected chi connectivity index (χ2v) is 19.2. The minimum Gasteiger partial charge on any atom is -0.481 e. The van der Waals surface area contributed by atoms with Gasteiger partial charge in [0.25, 0.3) is 0 Å². The van der Waals surface area contributed by atoms with Gasteiger partial charge in [-0.25, -0.2) is 4.39 Å². The molecular formula is C56H70FN11O11. The van der Waals surface area contributed by atoms with Gasteiger partial charge in [-0.3, -0.25) is 43.2 Å². The van der Waals surface area contributed by atoms with Crippen LogP contribution in [0.15, 0.2) is 115 Å². The zero-order valence-corrected chi connectivity index (χ0v) is 43.8. The summed E-state index contributed by atoms with van der Waals surface area (Å²) >= 11 is 0. The van der Waals surface area contributed by atoms with Gasteiger partial charge < -0.3 is 69.6 Å². The number of aromatic amines is 1. The number of carboxylic acids is 1. The molecule has 0 saturated carbocycles. The number of carbonyl (C=O) groups is 9. The third kappa shape index (κ3) is 20.1. The van der Waals surface area contributed by atoms with Crippen molar-refractivity contribution in [2.24, 2.45) is 17.2 Å². The van der Waals surface area contributed by atoms with Gasteiger partial charge in [-0.2, -0.15) is 0 Å². The lowest BCUT2D eigenvalue weighted by Crippen LogP contribution is -2.62. The van der Waals surface area contributed by atoms with Crippen molar-refractivity contribution in [3.05, 3.63) is 143 Å². The highest BCUT2D eigenvalue weighted by Gasteiger charge is 2.36. The van der Waals surface area contributed by atoms with E-state index in [1.807, 2.05) is 0 Å². The molecule has 79 heavy (non-hydrogen) atoms. The van der Waals surface area contributed by atoms with Crippen LogP contribution in [0.25, 0.3) is 10.9 Å². The Hall–Kier alpha value is -8.54. The van der Waals surface area contributed by atoms with E-state index < -0.39 is 114 Å². The summed E-state index contributed by atoms with van der Waals surface area (Å²) in [6.45, 7) is 1.43. The van der Waals surface area contributed by atoms with Crippen LogP contribution >= 0.6 is 0 Å². The van der Waals surface area contributed by atoms with Gasteiger partial charge in [0.05, 0.1) is 18.6 Å². The number of rotatable bonds is 32. The van der Waals surface area contributed by atoms with Crippen molar-refractivity contribution in [3.63, 3.8) is 0 Å². The van der Waals surface area contributed by atoms with Crippen LogP contribution in [0.2, 0.25) is 0 Å². The normalized spacial score (nSPS) is 14.1. The molecule has 0 saturated heterocycles. The number of aromatic nitrogens is 1. The molecule has 4 aromatic carbocycles. The number of H-pyrrole nitrogens is 1. The maximum absolute atomic E-state index is 14.8. The second kappa shape index (κ2) is 31.0. The summed E-state index contributed by atoms with van der Waals surface area (Å²) < 4.78 is 14.7. The van der Waals surface area contributed by atoms with E-state index in [0.717, 1.165) is 0 Å². The molecule has 16 N–H and O–H groups in total. The Labute approximate surface area is 456 Å². The number of hydrogen-bond donors (Lipinski definition) is 13. The van der Waals surface area contributed by atoms with Crippen LogP contribution in [0, 0.1) is 5.82 Å². The third-order valence-electron chi connectivity index (χ3n) is 12.8. The van der Waals surface area contributed by atoms with Gasteiger partial charge in [0, 0.05) is 55.7 Å². The largest absolute Gasteiger partial charge is 0.481 e. The molecule has 0 spiro atoms. The lowest BCUT2D eigenvalue weighted by Gasteiger charge is -2.28. The molecule has 0 fully saturated rings. The van der Waals surface area contributed by atoms with Crippen LogP contribution in [0.5, 0.6) is 0 Å². The Kier molecular flexibility index (Phi) is 24.1. The number of amides is 8. The number of aliphatic hydroxyl groups is 1. The Morgan fingerprint density at radius 3 is 1.54 bits per heavy atom. The van der Waals surface area contributed by atoms with E-state index >= 15 is 0 Å². The van der Waals surface area contributed by atoms with Crippen LogP contribution in [-0.2, 0) is 68.8 Å². The molecule has 0 aliphatic rings. The third-order valence-corrected chi connectivity index (χ3v) is 12.8. The predicted molar refractivity (Wildman–Crippen MR) is 290 cm³/mol. The van der Waals surface area contributed by atoms with E-state index in [1.54, 1.807) is 91.0 Å². The molecule has 0 bridgehead atoms. The molecule has 0 aliphatic carbocycles. The van der Waals surface area contributed by atoms with Crippen molar-refractivity contribution in [3.8, 4) is 0 Å². The van der Waals surface area contributed by atoms with E-state index in [0.29, 0.717) is 39.6 Å². The highest BCUT2D eigenvalue weighted by molar-refractivity contribution is 5.98. The number of benzene rings is 4. The molecule has 1 aromatic heterocycles. The molecule has 0 aliphatic heterocycles. The second-order valence-electron chi connectivity index (χ2n) is 19.2. The van der Waals surface area contributed by atoms with Crippen LogP contribution in [0.4, 0.5) is 4.39 Å². The maximum Gasteiger partial charge on any atom is 0.303 e. The van der Waals surface area contributed by atoms with Crippen molar-refractivity contribution in [2.45, 2.75) is 120 Å². The van der Waals surface area contributed by atoms with Crippen LogP contribution in [0.3, 0.4) is 0 Å². The fourth-order valence-electron chi connectivity index (χ4n) is 8.59. The fourth-order valence-corrected chi connectivity index (χ4v) is 8.59. The number of nitrogens with two attached hydrogens (primary N) is 3. The SMILES string of the molecule is C[C@@H](O)[C@H](NC(=O)[C@H](CCCCN)NC(=O)[C@@H](Cc1c[nH]c2ccc(F)cc12)NC(=O)[C@H](Cc1ccccc1)NC(=O)[C@H](Cc1ccccc1)NC(=O)[C@@H](N)CC(N)=O)C(=O)N[C@@H](Cc1ccccc1)C(=O)NCCCC(=O)O. The number of aliphatic hydroxyl groups excluding tert-OH is 1. The van der Waals surface area contributed by atoms with Crippen molar-refractivity contribution in [1.29, 1.82) is 0 Å². The summed E-state index contributed by atoms with van der Waals surface area (Å²) in [5.41, 5.74) is 19.8. The molecule has 8 amide bonds. The number of primary amides is 1. The average Bonchev–Trinajstić information content (AvgIpc) is 3.81. The van der Waals surface area contributed by atoms with Crippen LogP contribution in [-0.4, -0.2) is 130 Å². The summed E-state index contributed by atoms with van der Waals surface area (Å²) in [6.07, 6.45) is -0.549. The molecule has 0 radical (unpaired) electrons. The first-order valence-corrected chi connectivity index (χ1v) is 25.9. The predicted octanol–water partition coefficient (Wildman–Crippen LogP) is 0.180. The quantitative estimate of drug-likeness (QED) is 0.0256. The minimum absolute atomic E-state index is 0.0143. The number of halogens is 1. The average molecular weight is 1090 g/mol. The van der Waals surface area contributed by atoms with Gasteiger partial charge in [0.1, 0.15) is 42.1 Å².